The highest BCUT2D eigenvalue weighted by molar-refractivity contribution is 5.94. The second kappa shape index (κ2) is 8.19. The molecule has 1 aromatic carbocycles. The molecule has 0 bridgehead atoms. The molecular formula is C22H24N8O2. The van der Waals surface area contributed by atoms with E-state index in [9.17, 15) is 10.1 Å². The molecule has 1 aliphatic heterocycles. The number of benzene rings is 1. The van der Waals surface area contributed by atoms with Crippen molar-refractivity contribution in [2.75, 3.05) is 17.3 Å². The Morgan fingerprint density at radius 2 is 2.16 bits per heavy atom. The fraction of sp³-hybridized carbons (Fsp3) is 0.318. The molecule has 1 aliphatic rings. The molecule has 32 heavy (non-hydrogen) atoms. The minimum absolute atomic E-state index is 0.0493. The Morgan fingerprint density at radius 3 is 2.78 bits per heavy atom. The van der Waals surface area contributed by atoms with Gasteiger partial charge in [0.1, 0.15) is 23.8 Å². The van der Waals surface area contributed by atoms with E-state index in [1.54, 1.807) is 30.7 Å². The fourth-order valence-electron chi connectivity index (χ4n) is 4.08. The quantitative estimate of drug-likeness (QED) is 0.607. The molecule has 1 unspecified atom stereocenters. The Bertz CT molecular complexity index is 1230. The molecule has 0 saturated carbocycles. The highest BCUT2D eigenvalue weighted by atomic mass is 16.5. The molecule has 3 N–H and O–H groups in total. The third-order valence-electron chi connectivity index (χ3n) is 5.49. The van der Waals surface area contributed by atoms with Gasteiger partial charge in [-0.1, -0.05) is 6.92 Å². The van der Waals surface area contributed by atoms with E-state index in [1.165, 1.54) is 7.11 Å². The number of aromatic nitrogens is 4. The van der Waals surface area contributed by atoms with Gasteiger partial charge in [-0.3, -0.25) is 9.36 Å². The summed E-state index contributed by atoms with van der Waals surface area (Å²) >= 11 is 0. The lowest BCUT2D eigenvalue weighted by Crippen LogP contribution is -2.40. The van der Waals surface area contributed by atoms with Crippen LogP contribution in [0.2, 0.25) is 0 Å². The third-order valence-corrected chi connectivity index (χ3v) is 5.49. The van der Waals surface area contributed by atoms with Crippen LogP contribution in [0.4, 0.5) is 17.5 Å². The van der Waals surface area contributed by atoms with E-state index >= 15 is 0 Å². The first-order chi connectivity index (χ1) is 15.4. The second-order valence-corrected chi connectivity index (χ2v) is 7.69. The van der Waals surface area contributed by atoms with Gasteiger partial charge in [-0.05, 0) is 38.5 Å². The minimum atomic E-state index is -0.536. The van der Waals surface area contributed by atoms with Crippen LogP contribution in [0.25, 0.3) is 5.69 Å². The molecule has 2 aromatic heterocycles. The van der Waals surface area contributed by atoms with Crippen molar-refractivity contribution < 1.29 is 9.53 Å². The molecule has 3 aromatic rings. The Balaban J connectivity index is 1.80. The van der Waals surface area contributed by atoms with Crippen LogP contribution in [0.1, 0.15) is 55.0 Å². The molecule has 0 radical (unpaired) electrons. The van der Waals surface area contributed by atoms with E-state index in [-0.39, 0.29) is 12.1 Å². The zero-order valence-electron chi connectivity index (χ0n) is 18.3. The predicted molar refractivity (Wildman–Crippen MR) is 119 cm³/mol. The average Bonchev–Trinajstić information content (AvgIpc) is 3.22. The number of nitrogens with two attached hydrogens (primary N) is 1. The number of nitrogens with zero attached hydrogens (tertiary/aromatic N) is 6. The van der Waals surface area contributed by atoms with Crippen LogP contribution >= 0.6 is 0 Å². The normalized spacial score (nSPS) is 14.5. The summed E-state index contributed by atoms with van der Waals surface area (Å²) in [6, 6.07) is 7.15. The lowest BCUT2D eigenvalue weighted by atomic mass is 10.0. The highest BCUT2D eigenvalue weighted by Gasteiger charge is 2.36. The van der Waals surface area contributed by atoms with Gasteiger partial charge in [-0.25, -0.2) is 9.97 Å². The molecule has 164 valence electrons. The number of hydrogen-bond donors (Lipinski definition) is 2. The molecule has 0 fully saturated rings. The summed E-state index contributed by atoms with van der Waals surface area (Å²) in [4.78, 5) is 27.2. The van der Waals surface area contributed by atoms with E-state index in [1.807, 2.05) is 4.57 Å². The smallest absolute Gasteiger partial charge is 0.248 e. The first kappa shape index (κ1) is 21.1. The van der Waals surface area contributed by atoms with E-state index in [4.69, 9.17) is 15.5 Å². The Kier molecular flexibility index (Phi) is 5.40. The third kappa shape index (κ3) is 3.37. The van der Waals surface area contributed by atoms with Gasteiger partial charge in [0.05, 0.1) is 30.7 Å². The number of nitrogens with one attached hydrogen (secondary N) is 1. The number of carbonyl (C=O) groups excluding carboxylic acids is 1. The van der Waals surface area contributed by atoms with Crippen LogP contribution in [-0.4, -0.2) is 38.6 Å². The molecule has 10 nitrogen and oxygen atoms in total. The molecule has 0 saturated heterocycles. The largest absolute Gasteiger partial charge is 0.495 e. The number of nitriles is 1. The summed E-state index contributed by atoms with van der Waals surface area (Å²) in [6.45, 7) is 6.26. The predicted octanol–water partition coefficient (Wildman–Crippen LogP) is 3.06. The number of hydrogen-bond acceptors (Lipinski definition) is 8. The van der Waals surface area contributed by atoms with Gasteiger partial charge in [0, 0.05) is 11.6 Å². The number of ether oxygens (including phenoxy) is 1. The number of fused-ring (bicyclic) bond motifs is 3. The average molecular weight is 432 g/mol. The fourth-order valence-corrected chi connectivity index (χ4v) is 4.08. The summed E-state index contributed by atoms with van der Waals surface area (Å²) in [5, 5.41) is 12.7. The Hall–Kier alpha value is -4.13. The summed E-state index contributed by atoms with van der Waals surface area (Å²) in [7, 11) is 1.51. The monoisotopic (exact) mass is 432 g/mol. The van der Waals surface area contributed by atoms with Gasteiger partial charge in [0.2, 0.25) is 11.9 Å². The first-order valence-corrected chi connectivity index (χ1v) is 10.3. The van der Waals surface area contributed by atoms with Crippen molar-refractivity contribution in [3.63, 3.8) is 0 Å². The number of primary amides is 1. The maximum atomic E-state index is 11.5. The number of amides is 1. The van der Waals surface area contributed by atoms with E-state index in [0.717, 1.165) is 23.6 Å². The van der Waals surface area contributed by atoms with Crippen molar-refractivity contribution in [1.82, 2.24) is 19.5 Å². The van der Waals surface area contributed by atoms with Gasteiger partial charge in [0.15, 0.2) is 11.5 Å². The van der Waals surface area contributed by atoms with Crippen molar-refractivity contribution in [2.24, 2.45) is 5.73 Å². The van der Waals surface area contributed by atoms with E-state index < -0.39 is 5.91 Å². The molecule has 3 heterocycles. The van der Waals surface area contributed by atoms with Crippen molar-refractivity contribution in [1.29, 1.82) is 5.26 Å². The van der Waals surface area contributed by atoms with Crippen LogP contribution < -0.4 is 20.7 Å². The molecule has 0 aliphatic carbocycles. The number of imidazole rings is 1. The SMILES string of the molecule is CCC1c2c(C#N)ncn2-c2cnc(Nc3ccc(C(N)=O)cc3OC)nc2N1C(C)C. The molecule has 4 rings (SSSR count). The number of carbonyl (C=O) groups is 1. The molecular weight excluding hydrogens is 408 g/mol. The zero-order valence-corrected chi connectivity index (χ0v) is 18.3. The van der Waals surface area contributed by atoms with Crippen molar-refractivity contribution in [2.45, 2.75) is 39.3 Å². The molecule has 0 spiro atoms. The second-order valence-electron chi connectivity index (χ2n) is 7.69. The lowest BCUT2D eigenvalue weighted by Gasteiger charge is -2.40. The lowest BCUT2D eigenvalue weighted by molar-refractivity contribution is 0.1000. The van der Waals surface area contributed by atoms with Crippen LogP contribution in [0.5, 0.6) is 5.75 Å². The molecule has 10 heteroatoms. The van der Waals surface area contributed by atoms with Gasteiger partial charge < -0.3 is 20.7 Å². The van der Waals surface area contributed by atoms with E-state index in [0.29, 0.717) is 28.6 Å². The Labute approximate surface area is 185 Å². The van der Waals surface area contributed by atoms with E-state index in [2.05, 4.69) is 47.0 Å². The maximum absolute atomic E-state index is 11.5. The number of rotatable bonds is 6. The maximum Gasteiger partial charge on any atom is 0.248 e. The minimum Gasteiger partial charge on any atom is -0.495 e. The van der Waals surface area contributed by atoms with Gasteiger partial charge in [-0.15, -0.1) is 0 Å². The Morgan fingerprint density at radius 1 is 1.38 bits per heavy atom. The van der Waals surface area contributed by atoms with Gasteiger partial charge >= 0.3 is 0 Å². The van der Waals surface area contributed by atoms with Crippen LogP contribution in [0, 0.1) is 11.3 Å². The van der Waals surface area contributed by atoms with Crippen molar-refractivity contribution >= 4 is 23.4 Å². The van der Waals surface area contributed by atoms with Crippen LogP contribution in [-0.2, 0) is 0 Å². The summed E-state index contributed by atoms with van der Waals surface area (Å²) in [5.74, 6) is 1.03. The van der Waals surface area contributed by atoms with Crippen LogP contribution in [0.15, 0.2) is 30.7 Å². The van der Waals surface area contributed by atoms with Crippen molar-refractivity contribution in [3.05, 3.63) is 47.7 Å². The zero-order chi connectivity index (χ0) is 23.0. The molecule has 1 amide bonds. The van der Waals surface area contributed by atoms with Crippen molar-refractivity contribution in [3.8, 4) is 17.5 Å². The van der Waals surface area contributed by atoms with Crippen LogP contribution in [0.3, 0.4) is 0 Å². The standard InChI is InChI=1S/C22H24N8O2/c1-5-16-19-15(9-23)26-11-29(19)17-10-25-22(28-21(17)30(16)12(2)3)27-14-7-6-13(20(24)31)8-18(14)32-4/h6-8,10-12,16H,5H2,1-4H3,(H2,24,31)(H,25,27,28). The number of anilines is 3. The van der Waals surface area contributed by atoms with Gasteiger partial charge in [0.25, 0.3) is 0 Å². The highest BCUT2D eigenvalue weighted by Crippen LogP contribution is 2.41. The molecule has 1 atom stereocenters. The van der Waals surface area contributed by atoms with Gasteiger partial charge in [-0.2, -0.15) is 10.2 Å². The first-order valence-electron chi connectivity index (χ1n) is 10.3. The topological polar surface area (TPSA) is 135 Å². The summed E-state index contributed by atoms with van der Waals surface area (Å²) in [6.07, 6.45) is 4.14. The summed E-state index contributed by atoms with van der Waals surface area (Å²) < 4.78 is 7.29. The number of methoxy groups -OCH3 is 1. The summed E-state index contributed by atoms with van der Waals surface area (Å²) in [5.41, 5.74) is 8.33.